The van der Waals surface area contributed by atoms with Crippen molar-refractivity contribution >= 4 is 23.3 Å². The number of nitrogens with one attached hydrogen (secondary N) is 3. The number of hydrogen-bond acceptors (Lipinski definition) is 5. The van der Waals surface area contributed by atoms with Crippen LogP contribution in [0.4, 0.5) is 16.2 Å². The summed E-state index contributed by atoms with van der Waals surface area (Å²) in [6.45, 7) is 0.292. The predicted octanol–water partition coefficient (Wildman–Crippen LogP) is 3.43. The Labute approximate surface area is 171 Å². The molecule has 3 aromatic heterocycles. The molecule has 4 rings (SSSR count). The summed E-state index contributed by atoms with van der Waals surface area (Å²) in [5.74, 6) is 1.05. The Hall–Kier alpha value is -4.40. The van der Waals surface area contributed by atoms with Gasteiger partial charge in [0.15, 0.2) is 0 Å². The molecule has 9 nitrogen and oxygen atoms in total. The molecule has 30 heavy (non-hydrogen) atoms. The molecule has 0 unspecified atom stereocenters. The van der Waals surface area contributed by atoms with Crippen LogP contribution in [0.3, 0.4) is 0 Å². The van der Waals surface area contributed by atoms with Crippen LogP contribution in [0.15, 0.2) is 84.1 Å². The molecule has 150 valence electrons. The fourth-order valence-electron chi connectivity index (χ4n) is 2.66. The summed E-state index contributed by atoms with van der Waals surface area (Å²) in [5, 5.41) is 8.20. The quantitative estimate of drug-likeness (QED) is 0.457. The van der Waals surface area contributed by atoms with Gasteiger partial charge in [-0.3, -0.25) is 9.36 Å². The molecule has 0 saturated heterocycles. The zero-order chi connectivity index (χ0) is 20.8. The van der Waals surface area contributed by atoms with Crippen LogP contribution in [0.2, 0.25) is 0 Å². The van der Waals surface area contributed by atoms with Gasteiger partial charge in [0.1, 0.15) is 17.9 Å². The van der Waals surface area contributed by atoms with Crippen molar-refractivity contribution in [2.24, 2.45) is 0 Å². The maximum absolute atomic E-state index is 12.4. The van der Waals surface area contributed by atoms with Crippen molar-refractivity contribution in [1.29, 1.82) is 0 Å². The number of hydrogen-bond donors (Lipinski definition) is 3. The number of nitrogens with zero attached hydrogens (tertiary/aromatic N) is 3. The van der Waals surface area contributed by atoms with Gasteiger partial charge >= 0.3 is 6.03 Å². The lowest BCUT2D eigenvalue weighted by Crippen LogP contribution is -2.27. The van der Waals surface area contributed by atoms with E-state index < -0.39 is 0 Å². The highest BCUT2D eigenvalue weighted by Gasteiger charge is 2.08. The number of anilines is 2. The molecular formula is C21H18N6O3. The fourth-order valence-corrected chi connectivity index (χ4v) is 2.66. The van der Waals surface area contributed by atoms with Gasteiger partial charge in [0.2, 0.25) is 0 Å². The Morgan fingerprint density at radius 3 is 2.43 bits per heavy atom. The summed E-state index contributed by atoms with van der Waals surface area (Å²) < 4.78 is 6.91. The molecule has 0 atom stereocenters. The average Bonchev–Trinajstić information content (AvgIpc) is 3.48. The van der Waals surface area contributed by atoms with Gasteiger partial charge in [-0.15, -0.1) is 0 Å². The number of carbonyl (C=O) groups is 2. The van der Waals surface area contributed by atoms with Crippen molar-refractivity contribution < 1.29 is 14.0 Å². The first kappa shape index (κ1) is 18.9. The number of benzene rings is 1. The second kappa shape index (κ2) is 8.74. The second-order valence-electron chi connectivity index (χ2n) is 6.29. The monoisotopic (exact) mass is 402 g/mol. The molecule has 3 N–H and O–H groups in total. The average molecular weight is 402 g/mol. The molecular weight excluding hydrogens is 384 g/mol. The van der Waals surface area contributed by atoms with E-state index in [0.717, 1.165) is 0 Å². The van der Waals surface area contributed by atoms with E-state index in [1.165, 1.54) is 6.20 Å². The van der Waals surface area contributed by atoms with Crippen LogP contribution in [0.5, 0.6) is 0 Å². The molecule has 3 amide bonds. The van der Waals surface area contributed by atoms with Crippen LogP contribution in [-0.4, -0.2) is 26.5 Å². The molecule has 1 aromatic carbocycles. The van der Waals surface area contributed by atoms with Gasteiger partial charge in [0.05, 0.1) is 18.4 Å². The van der Waals surface area contributed by atoms with Crippen LogP contribution >= 0.6 is 0 Å². The molecule has 0 aliphatic heterocycles. The summed E-state index contributed by atoms with van der Waals surface area (Å²) in [7, 11) is 0. The summed E-state index contributed by atoms with van der Waals surface area (Å²) in [4.78, 5) is 32.6. The first-order valence-corrected chi connectivity index (χ1v) is 9.10. The third kappa shape index (κ3) is 4.71. The van der Waals surface area contributed by atoms with E-state index in [1.54, 1.807) is 78.1 Å². The zero-order valence-electron chi connectivity index (χ0n) is 15.8. The molecule has 0 fully saturated rings. The van der Waals surface area contributed by atoms with Crippen molar-refractivity contribution in [3.8, 4) is 5.82 Å². The SMILES string of the molecule is O=C(NCc1ccco1)Nc1ccc(NC(=O)c2ccc(-n3ccnc3)nc2)cc1. The largest absolute Gasteiger partial charge is 0.467 e. The van der Waals surface area contributed by atoms with E-state index in [4.69, 9.17) is 4.42 Å². The summed E-state index contributed by atoms with van der Waals surface area (Å²) in [5.41, 5.74) is 1.62. The molecule has 0 radical (unpaired) electrons. The summed E-state index contributed by atoms with van der Waals surface area (Å²) >= 11 is 0. The number of aromatic nitrogens is 3. The molecule has 3 heterocycles. The topological polar surface area (TPSA) is 114 Å². The van der Waals surface area contributed by atoms with Crippen LogP contribution in [0.25, 0.3) is 5.82 Å². The molecule has 0 saturated carbocycles. The van der Waals surface area contributed by atoms with Crippen LogP contribution in [0.1, 0.15) is 16.1 Å². The fraction of sp³-hybridized carbons (Fsp3) is 0.0476. The third-order valence-electron chi connectivity index (χ3n) is 4.18. The molecule has 0 spiro atoms. The third-order valence-corrected chi connectivity index (χ3v) is 4.18. The van der Waals surface area contributed by atoms with Crippen molar-refractivity contribution in [3.05, 3.63) is 91.0 Å². The van der Waals surface area contributed by atoms with Gasteiger partial charge in [0, 0.05) is 30.0 Å². The number of urea groups is 1. The van der Waals surface area contributed by atoms with Crippen molar-refractivity contribution in [3.63, 3.8) is 0 Å². The number of carbonyl (C=O) groups excluding carboxylic acids is 2. The number of pyridine rings is 1. The Kier molecular flexibility index (Phi) is 5.52. The maximum atomic E-state index is 12.4. The van der Waals surface area contributed by atoms with Gasteiger partial charge in [-0.1, -0.05) is 0 Å². The van der Waals surface area contributed by atoms with E-state index in [0.29, 0.717) is 35.1 Å². The molecule has 0 aliphatic carbocycles. The smallest absolute Gasteiger partial charge is 0.319 e. The molecule has 9 heteroatoms. The summed E-state index contributed by atoms with van der Waals surface area (Å²) in [6, 6.07) is 13.4. The van der Waals surface area contributed by atoms with E-state index in [1.807, 2.05) is 0 Å². The van der Waals surface area contributed by atoms with Gasteiger partial charge in [-0.25, -0.2) is 14.8 Å². The Morgan fingerprint density at radius 2 is 1.80 bits per heavy atom. The second-order valence-corrected chi connectivity index (χ2v) is 6.29. The standard InChI is InChI=1S/C21H18N6O3/c28-20(15-3-8-19(23-12-15)27-10-9-22-14-27)25-16-4-6-17(7-5-16)26-21(29)24-13-18-2-1-11-30-18/h1-12,14H,13H2,(H,25,28)(H2,24,26,29). The number of amides is 3. The minimum Gasteiger partial charge on any atom is -0.467 e. The highest BCUT2D eigenvalue weighted by Crippen LogP contribution is 2.15. The van der Waals surface area contributed by atoms with Crippen LogP contribution in [-0.2, 0) is 6.54 Å². The molecule has 0 aliphatic rings. The minimum absolute atomic E-state index is 0.281. The number of imidazole rings is 1. The molecule has 4 aromatic rings. The lowest BCUT2D eigenvalue weighted by atomic mass is 10.2. The van der Waals surface area contributed by atoms with E-state index in [2.05, 4.69) is 25.9 Å². The van der Waals surface area contributed by atoms with E-state index >= 15 is 0 Å². The maximum Gasteiger partial charge on any atom is 0.319 e. The normalized spacial score (nSPS) is 10.4. The predicted molar refractivity (Wildman–Crippen MR) is 110 cm³/mol. The van der Waals surface area contributed by atoms with Crippen molar-refractivity contribution in [2.45, 2.75) is 6.54 Å². The van der Waals surface area contributed by atoms with Gasteiger partial charge in [0.25, 0.3) is 5.91 Å². The summed E-state index contributed by atoms with van der Waals surface area (Å²) in [6.07, 6.45) is 8.11. The highest BCUT2D eigenvalue weighted by atomic mass is 16.3. The van der Waals surface area contributed by atoms with Crippen LogP contribution < -0.4 is 16.0 Å². The lowest BCUT2D eigenvalue weighted by molar-refractivity contribution is 0.102. The van der Waals surface area contributed by atoms with Gasteiger partial charge in [-0.2, -0.15) is 0 Å². The van der Waals surface area contributed by atoms with E-state index in [9.17, 15) is 9.59 Å². The Balaban J connectivity index is 1.30. The minimum atomic E-state index is -0.354. The first-order chi connectivity index (χ1) is 14.7. The number of furan rings is 1. The van der Waals surface area contributed by atoms with Gasteiger partial charge in [-0.05, 0) is 48.5 Å². The Morgan fingerprint density at radius 1 is 1.00 bits per heavy atom. The van der Waals surface area contributed by atoms with E-state index in [-0.39, 0.29) is 11.9 Å². The lowest BCUT2D eigenvalue weighted by Gasteiger charge is -2.09. The zero-order valence-corrected chi connectivity index (χ0v) is 15.8. The molecule has 0 bridgehead atoms. The highest BCUT2D eigenvalue weighted by molar-refractivity contribution is 6.04. The Bertz CT molecular complexity index is 1100. The first-order valence-electron chi connectivity index (χ1n) is 9.10. The van der Waals surface area contributed by atoms with Crippen LogP contribution in [0, 0.1) is 0 Å². The van der Waals surface area contributed by atoms with Crippen molar-refractivity contribution in [2.75, 3.05) is 10.6 Å². The van der Waals surface area contributed by atoms with Crippen molar-refractivity contribution in [1.82, 2.24) is 19.9 Å². The van der Waals surface area contributed by atoms with Gasteiger partial charge < -0.3 is 20.4 Å². The number of rotatable bonds is 6.